The highest BCUT2D eigenvalue weighted by atomic mass is 32.2. The Morgan fingerprint density at radius 2 is 1.89 bits per heavy atom. The normalized spacial score (nSPS) is 29.6. The van der Waals surface area contributed by atoms with Gasteiger partial charge in [-0.05, 0) is 45.4 Å². The number of nitrogens with two attached hydrogens (primary N) is 1. The summed E-state index contributed by atoms with van der Waals surface area (Å²) in [6.45, 7) is 4.23. The molecular weight excluding hydrogens is 262 g/mol. The highest BCUT2D eigenvalue weighted by molar-refractivity contribution is 7.92. The van der Waals surface area contributed by atoms with Crippen molar-refractivity contribution in [2.24, 2.45) is 11.7 Å². The minimum Gasteiger partial charge on any atom is -0.375 e. The van der Waals surface area contributed by atoms with E-state index >= 15 is 0 Å². The molecule has 0 amide bonds. The van der Waals surface area contributed by atoms with E-state index in [1.165, 1.54) is 19.1 Å². The van der Waals surface area contributed by atoms with Crippen LogP contribution in [0.2, 0.25) is 0 Å². The van der Waals surface area contributed by atoms with E-state index in [0.29, 0.717) is 0 Å². The van der Waals surface area contributed by atoms with Crippen LogP contribution in [0.15, 0.2) is 0 Å². The molecule has 0 bridgehead atoms. The van der Waals surface area contributed by atoms with Crippen LogP contribution in [0.25, 0.3) is 0 Å². The van der Waals surface area contributed by atoms with Crippen LogP contribution in [-0.2, 0) is 14.6 Å². The molecule has 2 fully saturated rings. The van der Waals surface area contributed by atoms with Crippen molar-refractivity contribution < 1.29 is 13.2 Å². The second kappa shape index (κ2) is 5.01. The van der Waals surface area contributed by atoms with Gasteiger partial charge >= 0.3 is 0 Å². The van der Waals surface area contributed by atoms with Crippen LogP contribution >= 0.6 is 0 Å². The van der Waals surface area contributed by atoms with Gasteiger partial charge in [-0.3, -0.25) is 0 Å². The Morgan fingerprint density at radius 1 is 1.32 bits per heavy atom. The summed E-state index contributed by atoms with van der Waals surface area (Å²) in [5.74, 6) is 0.247. The van der Waals surface area contributed by atoms with Gasteiger partial charge in [-0.15, -0.1) is 0 Å². The summed E-state index contributed by atoms with van der Waals surface area (Å²) >= 11 is 0. The molecule has 0 radical (unpaired) electrons. The molecule has 1 saturated heterocycles. The van der Waals surface area contributed by atoms with E-state index in [1.54, 1.807) is 13.8 Å². The number of hydrogen-bond donors (Lipinski definition) is 1. The van der Waals surface area contributed by atoms with E-state index in [2.05, 4.69) is 0 Å². The molecule has 1 heterocycles. The maximum atomic E-state index is 11.9. The molecule has 2 rings (SSSR count). The lowest BCUT2D eigenvalue weighted by atomic mass is 9.77. The maximum absolute atomic E-state index is 11.9. The standard InChI is InChI=1S/C14H27NO3S/c1-13(2,19(3,16)17)12(15)11-6-9-18-14(10-11)7-4-5-8-14/h11-12H,4-10,15H2,1-3H3. The van der Waals surface area contributed by atoms with Crippen LogP contribution in [0, 0.1) is 5.92 Å². The van der Waals surface area contributed by atoms with Gasteiger partial charge in [0.05, 0.1) is 10.3 Å². The first-order chi connectivity index (χ1) is 8.68. The minimum absolute atomic E-state index is 0.00583. The highest BCUT2D eigenvalue weighted by Gasteiger charge is 2.47. The molecule has 0 aromatic carbocycles. The van der Waals surface area contributed by atoms with Gasteiger partial charge in [0.2, 0.25) is 0 Å². The fourth-order valence-corrected chi connectivity index (χ4v) is 4.24. The van der Waals surface area contributed by atoms with E-state index < -0.39 is 14.6 Å². The highest BCUT2D eigenvalue weighted by Crippen LogP contribution is 2.44. The average Bonchev–Trinajstić information content (AvgIpc) is 2.74. The van der Waals surface area contributed by atoms with Crippen molar-refractivity contribution >= 4 is 9.84 Å². The third-order valence-electron chi connectivity index (χ3n) is 5.31. The summed E-state index contributed by atoms with van der Waals surface area (Å²) in [5.41, 5.74) is 6.32. The monoisotopic (exact) mass is 289 g/mol. The number of rotatable bonds is 3. The topological polar surface area (TPSA) is 69.4 Å². The molecule has 1 saturated carbocycles. The van der Waals surface area contributed by atoms with Gasteiger partial charge in [0.25, 0.3) is 0 Å². The Kier molecular flexibility index (Phi) is 4.02. The summed E-state index contributed by atoms with van der Waals surface area (Å²) in [7, 11) is -3.15. The molecule has 5 heteroatoms. The fraction of sp³-hybridized carbons (Fsp3) is 1.00. The van der Waals surface area contributed by atoms with Gasteiger partial charge in [0.15, 0.2) is 9.84 Å². The summed E-state index contributed by atoms with van der Waals surface area (Å²) in [5, 5.41) is 0. The van der Waals surface area contributed by atoms with Crippen molar-refractivity contribution in [3.8, 4) is 0 Å². The first-order valence-corrected chi connectivity index (χ1v) is 9.16. The van der Waals surface area contributed by atoms with Crippen molar-refractivity contribution in [2.75, 3.05) is 12.9 Å². The summed E-state index contributed by atoms with van der Waals surface area (Å²) < 4.78 is 29.0. The minimum atomic E-state index is -3.15. The van der Waals surface area contributed by atoms with Gasteiger partial charge in [-0.2, -0.15) is 0 Å². The predicted molar refractivity (Wildman–Crippen MR) is 76.8 cm³/mol. The van der Waals surface area contributed by atoms with Gasteiger partial charge in [0, 0.05) is 18.9 Å². The second-order valence-electron chi connectivity index (χ2n) is 6.89. The summed E-state index contributed by atoms with van der Waals surface area (Å²) in [4.78, 5) is 0. The Bertz CT molecular complexity index is 424. The summed E-state index contributed by atoms with van der Waals surface area (Å²) in [6.07, 6.45) is 7.74. The number of hydrogen-bond acceptors (Lipinski definition) is 4. The summed E-state index contributed by atoms with van der Waals surface area (Å²) in [6, 6.07) is -0.316. The molecule has 2 atom stereocenters. The largest absolute Gasteiger partial charge is 0.375 e. The first kappa shape index (κ1) is 15.3. The Morgan fingerprint density at radius 3 is 2.42 bits per heavy atom. The van der Waals surface area contributed by atoms with Crippen molar-refractivity contribution in [3.63, 3.8) is 0 Å². The average molecular weight is 289 g/mol. The van der Waals surface area contributed by atoms with Crippen LogP contribution in [0.4, 0.5) is 0 Å². The second-order valence-corrected chi connectivity index (χ2v) is 9.49. The molecule has 1 aliphatic carbocycles. The molecule has 112 valence electrons. The van der Waals surface area contributed by atoms with Crippen LogP contribution in [0.1, 0.15) is 52.4 Å². The molecule has 2 unspecified atom stereocenters. The molecule has 1 spiro atoms. The molecule has 0 aromatic heterocycles. The molecule has 1 aliphatic heterocycles. The van der Waals surface area contributed by atoms with Gasteiger partial charge in [-0.1, -0.05) is 12.8 Å². The zero-order valence-corrected chi connectivity index (χ0v) is 13.1. The molecule has 0 aromatic rings. The van der Waals surface area contributed by atoms with E-state index in [1.807, 2.05) is 0 Å². The molecule has 2 N–H and O–H groups in total. The molecular formula is C14H27NO3S. The third-order valence-corrected chi connectivity index (χ3v) is 7.50. The van der Waals surface area contributed by atoms with Crippen molar-refractivity contribution in [3.05, 3.63) is 0 Å². The van der Waals surface area contributed by atoms with Crippen LogP contribution < -0.4 is 5.73 Å². The van der Waals surface area contributed by atoms with Crippen molar-refractivity contribution in [2.45, 2.75) is 68.8 Å². The van der Waals surface area contributed by atoms with Crippen LogP contribution in [0.3, 0.4) is 0 Å². The van der Waals surface area contributed by atoms with Gasteiger partial charge in [-0.25, -0.2) is 8.42 Å². The third kappa shape index (κ3) is 2.83. The lowest BCUT2D eigenvalue weighted by Gasteiger charge is -2.44. The van der Waals surface area contributed by atoms with Crippen LogP contribution in [-0.4, -0.2) is 37.7 Å². The Hall–Kier alpha value is -0.130. The molecule has 4 nitrogen and oxygen atoms in total. The van der Waals surface area contributed by atoms with Gasteiger partial charge in [0.1, 0.15) is 0 Å². The van der Waals surface area contributed by atoms with Crippen LogP contribution in [0.5, 0.6) is 0 Å². The Balaban J connectivity index is 2.13. The predicted octanol–water partition coefficient (Wildman–Crippen LogP) is 1.88. The molecule has 2 aliphatic rings. The van der Waals surface area contributed by atoms with E-state index in [4.69, 9.17) is 10.5 Å². The van der Waals surface area contributed by atoms with E-state index in [0.717, 1.165) is 32.3 Å². The lowest BCUT2D eigenvalue weighted by Crippen LogP contribution is -2.55. The lowest BCUT2D eigenvalue weighted by molar-refractivity contribution is -0.0974. The first-order valence-electron chi connectivity index (χ1n) is 7.27. The fourth-order valence-electron chi connectivity index (χ4n) is 3.55. The maximum Gasteiger partial charge on any atom is 0.154 e. The smallest absolute Gasteiger partial charge is 0.154 e. The number of sulfone groups is 1. The van der Waals surface area contributed by atoms with E-state index in [9.17, 15) is 8.42 Å². The SMILES string of the molecule is CC(C)(C(N)C1CCOC2(CCCC2)C1)S(C)(=O)=O. The van der Waals surface area contributed by atoms with Crippen molar-refractivity contribution in [1.82, 2.24) is 0 Å². The van der Waals surface area contributed by atoms with Gasteiger partial charge < -0.3 is 10.5 Å². The number of ether oxygens (including phenoxy) is 1. The Labute approximate surface area is 117 Å². The zero-order valence-electron chi connectivity index (χ0n) is 12.3. The zero-order chi connectivity index (χ0) is 14.3. The quantitative estimate of drug-likeness (QED) is 0.861. The van der Waals surface area contributed by atoms with Crippen molar-refractivity contribution in [1.29, 1.82) is 0 Å². The van der Waals surface area contributed by atoms with E-state index in [-0.39, 0.29) is 17.6 Å². The molecule has 19 heavy (non-hydrogen) atoms.